The van der Waals surface area contributed by atoms with E-state index in [4.69, 9.17) is 0 Å². The number of para-hydroxylation sites is 1. The molecule has 58 heavy (non-hydrogen) atoms. The Labute approximate surface area is 346 Å². The second-order valence-electron chi connectivity index (χ2n) is 16.1. The van der Waals surface area contributed by atoms with Crippen molar-refractivity contribution in [2.24, 2.45) is 0 Å². The molecule has 2 aliphatic rings. The highest BCUT2D eigenvalue weighted by Gasteiger charge is 2.46. The molecule has 0 saturated carbocycles. The molecule has 1 N–H and O–H groups in total. The second-order valence-corrected chi connectivity index (χ2v) is 18.4. The molecule has 4 aromatic rings. The molecule has 0 aliphatic carbocycles. The van der Waals surface area contributed by atoms with Crippen molar-refractivity contribution >= 4 is 55.8 Å². The van der Waals surface area contributed by atoms with Gasteiger partial charge in [0.25, 0.3) is 0 Å². The average Bonchev–Trinajstić information content (AvgIpc) is 3.55. The highest BCUT2D eigenvalue weighted by Crippen LogP contribution is 2.51. The van der Waals surface area contributed by atoms with Gasteiger partial charge in [-0.2, -0.15) is 8.91 Å². The van der Waals surface area contributed by atoms with Crippen LogP contribution in [0.15, 0.2) is 108 Å². The summed E-state index contributed by atoms with van der Waals surface area (Å²) in [6.07, 6.45) is 13.0. The normalized spacial score (nSPS) is 18.2. The van der Waals surface area contributed by atoms with Crippen LogP contribution in [0, 0.1) is 0 Å². The third kappa shape index (κ3) is 9.93. The maximum absolute atomic E-state index is 11.7. The van der Waals surface area contributed by atoms with Crippen molar-refractivity contribution < 1.29 is 42.1 Å². The molecular formula is C46H53N2O8S2-. The summed E-state index contributed by atoms with van der Waals surface area (Å²) >= 11 is 0.875. The Morgan fingerprint density at radius 3 is 2.45 bits per heavy atom. The first-order chi connectivity index (χ1) is 27.7. The number of phenols is 1. The van der Waals surface area contributed by atoms with Gasteiger partial charge in [-0.15, -0.1) is 0 Å². The number of carbonyl (C=O) groups is 1. The molecule has 0 saturated heterocycles. The average molecular weight is 826 g/mol. The molecule has 12 heteroatoms. The monoisotopic (exact) mass is 825 g/mol. The summed E-state index contributed by atoms with van der Waals surface area (Å²) in [6.45, 7) is 9.84. The summed E-state index contributed by atoms with van der Waals surface area (Å²) < 4.78 is 41.6. The van der Waals surface area contributed by atoms with E-state index in [0.717, 1.165) is 101 Å². The second kappa shape index (κ2) is 18.7. The molecule has 6 rings (SSSR count). The van der Waals surface area contributed by atoms with Gasteiger partial charge < -0.3 is 24.6 Å². The van der Waals surface area contributed by atoms with Crippen LogP contribution in [0.1, 0.15) is 95.8 Å². The number of anilines is 1. The molecule has 308 valence electrons. The molecule has 10 nitrogen and oxygen atoms in total. The van der Waals surface area contributed by atoms with E-state index in [1.165, 1.54) is 11.1 Å². The van der Waals surface area contributed by atoms with Crippen molar-refractivity contribution in [3.05, 3.63) is 119 Å². The first-order valence-corrected chi connectivity index (χ1v) is 22.4. The molecule has 0 aromatic heterocycles. The first kappa shape index (κ1) is 43.3. The summed E-state index contributed by atoms with van der Waals surface area (Å²) in [5.74, 6) is 0.0610. The number of aryl methyl sites for hydroxylation is 1. The first-order valence-electron chi connectivity index (χ1n) is 20.0. The lowest BCUT2D eigenvalue weighted by molar-refractivity contribution is -0.777. The minimum atomic E-state index is -4.31. The zero-order chi connectivity index (χ0) is 41.5. The van der Waals surface area contributed by atoms with Crippen LogP contribution in [0.2, 0.25) is 0 Å². The number of hydrogen-bond donors (Lipinski definition) is 1. The lowest BCUT2D eigenvalue weighted by Gasteiger charge is -2.30. The van der Waals surface area contributed by atoms with Crippen molar-refractivity contribution in [3.63, 3.8) is 0 Å². The van der Waals surface area contributed by atoms with Crippen molar-refractivity contribution in [1.29, 1.82) is 0 Å². The van der Waals surface area contributed by atoms with Gasteiger partial charge in [0.15, 0.2) is 5.71 Å². The summed E-state index contributed by atoms with van der Waals surface area (Å²) in [5.41, 5.74) is 7.10. The van der Waals surface area contributed by atoms with Gasteiger partial charge in [-0.05, 0) is 131 Å². The van der Waals surface area contributed by atoms with Crippen molar-refractivity contribution in [2.75, 3.05) is 23.7 Å². The number of carbonyl (C=O) groups excluding carboxylic acids is 1. The minimum absolute atomic E-state index is 0.202. The largest absolute Gasteiger partial charge is 0.748 e. The van der Waals surface area contributed by atoms with E-state index >= 15 is 0 Å². The van der Waals surface area contributed by atoms with Crippen molar-refractivity contribution in [2.45, 2.75) is 101 Å². The van der Waals surface area contributed by atoms with Gasteiger partial charge in [0.1, 0.15) is 18.1 Å². The third-order valence-electron chi connectivity index (χ3n) is 11.6. The molecule has 1 unspecified atom stereocenters. The Morgan fingerprint density at radius 1 is 0.948 bits per heavy atom. The summed E-state index contributed by atoms with van der Waals surface area (Å²) in [4.78, 5) is 14.8. The topological polar surface area (TPSA) is 142 Å². The van der Waals surface area contributed by atoms with E-state index in [1.54, 1.807) is 19.1 Å². The number of ketones is 1. The molecule has 4 aromatic carbocycles. The Hall–Kier alpha value is -4.30. The number of rotatable bonds is 20. The van der Waals surface area contributed by atoms with E-state index in [0.29, 0.717) is 25.7 Å². The van der Waals surface area contributed by atoms with Crippen LogP contribution in [-0.4, -0.2) is 53.0 Å². The van der Waals surface area contributed by atoms with E-state index in [2.05, 4.69) is 82.1 Å². The maximum Gasteiger partial charge on any atom is 0.210 e. The molecule has 0 amide bonds. The van der Waals surface area contributed by atoms with Crippen LogP contribution in [-0.2, 0) is 41.5 Å². The summed E-state index contributed by atoms with van der Waals surface area (Å²) in [7, 11) is -4.31. The quantitative estimate of drug-likeness (QED) is 0.0229. The van der Waals surface area contributed by atoms with Crippen LogP contribution in [0.5, 0.6) is 5.75 Å². The van der Waals surface area contributed by atoms with Gasteiger partial charge in [0.05, 0.1) is 27.6 Å². The van der Waals surface area contributed by atoms with Crippen LogP contribution >= 0.6 is 12.0 Å². The van der Waals surface area contributed by atoms with Crippen LogP contribution in [0.3, 0.4) is 0 Å². The van der Waals surface area contributed by atoms with Crippen LogP contribution in [0.4, 0.5) is 11.4 Å². The molecule has 0 radical (unpaired) electrons. The predicted molar refractivity (Wildman–Crippen MR) is 227 cm³/mol. The third-order valence-corrected chi connectivity index (χ3v) is 13.0. The van der Waals surface area contributed by atoms with E-state index in [1.807, 2.05) is 42.5 Å². The number of Topliss-reactive ketones (excluding diaryl/α,β-unsaturated/α-hetero) is 1. The fourth-order valence-corrected chi connectivity index (χ4v) is 9.79. The summed E-state index contributed by atoms with van der Waals surface area (Å²) in [6, 6.07) is 26.0. The Balaban J connectivity index is 1.39. The smallest absolute Gasteiger partial charge is 0.210 e. The van der Waals surface area contributed by atoms with Gasteiger partial charge in [-0.3, -0.25) is 5.04 Å². The zero-order valence-electron chi connectivity index (χ0n) is 33.7. The number of benzene rings is 4. The van der Waals surface area contributed by atoms with E-state index < -0.39 is 20.9 Å². The lowest BCUT2D eigenvalue weighted by atomic mass is 9.77. The van der Waals surface area contributed by atoms with Gasteiger partial charge in [-0.25, -0.2) is 8.42 Å². The Bertz CT molecular complexity index is 2320. The molecule has 0 spiro atoms. The van der Waals surface area contributed by atoms with E-state index in [-0.39, 0.29) is 17.3 Å². The zero-order valence-corrected chi connectivity index (χ0v) is 35.4. The minimum Gasteiger partial charge on any atom is -0.748 e. The number of phenolic OH excluding ortho intramolecular Hbond substituents is 1. The van der Waals surface area contributed by atoms with E-state index in [9.17, 15) is 28.1 Å². The Kier molecular flexibility index (Phi) is 14.0. The highest BCUT2D eigenvalue weighted by atomic mass is 32.2. The van der Waals surface area contributed by atoms with Crippen LogP contribution in [0.25, 0.3) is 10.8 Å². The molecule has 2 heterocycles. The number of aromatic hydroxyl groups is 1. The number of nitrogens with zero attached hydrogens (tertiary/aromatic N) is 2. The number of allylic oxidation sites excluding steroid dienone is 4. The molecule has 1 atom stereocenters. The Morgan fingerprint density at radius 2 is 1.71 bits per heavy atom. The molecule has 2 aliphatic heterocycles. The van der Waals surface area contributed by atoms with Crippen LogP contribution < -0.4 is 10.2 Å². The maximum atomic E-state index is 11.7. The number of unbranched alkanes of at least 4 members (excludes halogenated alkanes) is 3. The molecule has 0 fully saturated rings. The fraction of sp³-hybridized carbons (Fsp3) is 0.391. The van der Waals surface area contributed by atoms with Gasteiger partial charge in [-0.1, -0.05) is 48.9 Å². The standard InChI is InChI=1S/C46H54N2O8S2/c1-33(49)14-6-5-10-29-48-41-27-23-35-22-26-37(57-56-55-51)32-38(35)44(41)45(2,3)42(48)18-12-19-43-46(4,28-9-11-31-58(52,53)54)39-16-7-8-17-40(39)47(43)30-13-15-34-20-24-36(50)25-21-34/h7-8,12,16-27,32H,5-6,9-11,13-15,28-31H2,1-4H3,(H2-,50,51,52,53,54)/p-1. The van der Waals surface area contributed by atoms with Crippen molar-refractivity contribution in [3.8, 4) is 5.75 Å². The number of fused-ring (bicyclic) bond motifs is 4. The molecule has 0 bridgehead atoms. The van der Waals surface area contributed by atoms with Gasteiger partial charge >= 0.3 is 0 Å². The number of hydrogen-bond acceptors (Lipinski definition) is 10. The SMILES string of the molecule is CC(=O)CCCCC[N+]1=C(/C=C/C=C2/N(CCCc3ccc(O)cc3)c3ccccc3C2(C)CCCCS(=O)(=O)[O-])C(C)(C)c2c1ccc1ccc(SOO[O-])cc21. The van der Waals surface area contributed by atoms with Gasteiger partial charge in [0, 0.05) is 64.5 Å². The molecular weight excluding hydrogens is 773 g/mol. The summed E-state index contributed by atoms with van der Waals surface area (Å²) in [5, 5.41) is 26.2. The van der Waals surface area contributed by atoms with Gasteiger partial charge in [0.2, 0.25) is 5.69 Å². The van der Waals surface area contributed by atoms with Crippen molar-refractivity contribution in [1.82, 2.24) is 0 Å². The predicted octanol–water partition coefficient (Wildman–Crippen LogP) is 8.87. The fourth-order valence-electron chi connectivity index (χ4n) is 8.84. The highest BCUT2D eigenvalue weighted by molar-refractivity contribution is 7.94. The lowest BCUT2D eigenvalue weighted by Crippen LogP contribution is -2.30.